The monoisotopic (exact) mass is 1010 g/mol. The van der Waals surface area contributed by atoms with Gasteiger partial charge in [-0.3, -0.25) is 0 Å². The van der Waals surface area contributed by atoms with Gasteiger partial charge in [-0.25, -0.2) is 0 Å². The molecule has 1 aliphatic carbocycles. The number of benzene rings is 8. The summed E-state index contributed by atoms with van der Waals surface area (Å²) in [5.41, 5.74) is 29.4. The van der Waals surface area contributed by atoms with Crippen LogP contribution in [0.25, 0.3) is 49.7 Å². The van der Waals surface area contributed by atoms with E-state index in [0.717, 1.165) is 39.0 Å². The molecule has 3 aliphatic rings. The zero-order valence-electron chi connectivity index (χ0n) is 48.6. The predicted octanol–water partition coefficient (Wildman–Crippen LogP) is 18.0. The maximum Gasteiger partial charge on any atom is 0.252 e. The third-order valence-corrected chi connectivity index (χ3v) is 17.8. The van der Waals surface area contributed by atoms with E-state index in [0.29, 0.717) is 0 Å². The molecule has 2 aromatic heterocycles. The number of para-hydroxylation sites is 1. The molecule has 5 heteroatoms. The first kappa shape index (κ1) is 49.3. The lowest BCUT2D eigenvalue weighted by Crippen LogP contribution is -2.61. The first-order chi connectivity index (χ1) is 36.2. The topological polar surface area (TPSA) is 24.6 Å². The number of anilines is 6. The van der Waals surface area contributed by atoms with Gasteiger partial charge < -0.3 is 18.8 Å². The van der Waals surface area contributed by atoms with Crippen LogP contribution < -0.4 is 26.2 Å². The van der Waals surface area contributed by atoms with Crippen molar-refractivity contribution in [2.45, 2.75) is 145 Å². The van der Waals surface area contributed by atoms with Crippen LogP contribution in [0.3, 0.4) is 0 Å². The summed E-state index contributed by atoms with van der Waals surface area (Å²) in [6, 6.07) is 54.5. The van der Waals surface area contributed by atoms with Crippen LogP contribution in [0.5, 0.6) is 0 Å². The fourth-order valence-electron chi connectivity index (χ4n) is 13.6. The Labute approximate surface area is 457 Å². The summed E-state index contributed by atoms with van der Waals surface area (Å²) in [5, 5.41) is 3.61. The largest absolute Gasteiger partial charge is 0.454 e. The maximum absolute atomic E-state index is 7.27. The molecule has 2 aliphatic heterocycles. The fraction of sp³-hybridized carbons (Fsp3) is 0.306. The Morgan fingerprint density at radius 2 is 1.10 bits per heavy atom. The van der Waals surface area contributed by atoms with Crippen molar-refractivity contribution in [2.75, 3.05) is 9.80 Å². The van der Waals surface area contributed by atoms with Gasteiger partial charge >= 0.3 is 0 Å². The average Bonchev–Trinajstić information content (AvgIpc) is 3.56. The quantitative estimate of drug-likeness (QED) is 0.164. The summed E-state index contributed by atoms with van der Waals surface area (Å²) in [5.74, 6) is 0. The zero-order chi connectivity index (χ0) is 54.4. The number of aromatic nitrogens is 1. The van der Waals surface area contributed by atoms with Crippen molar-refractivity contribution < 1.29 is 4.42 Å². The molecule has 0 N–H and O–H groups in total. The highest BCUT2D eigenvalue weighted by atomic mass is 16.3. The van der Waals surface area contributed by atoms with Crippen LogP contribution in [0, 0.1) is 20.8 Å². The van der Waals surface area contributed by atoms with E-state index < -0.39 is 0 Å². The maximum atomic E-state index is 7.27. The van der Waals surface area contributed by atoms with Gasteiger partial charge in [0.2, 0.25) is 0 Å². The third kappa shape index (κ3) is 7.24. The first-order valence-electron chi connectivity index (χ1n) is 28.1. The second kappa shape index (κ2) is 16.2. The van der Waals surface area contributed by atoms with Crippen molar-refractivity contribution in [3.63, 3.8) is 0 Å². The van der Waals surface area contributed by atoms with E-state index >= 15 is 0 Å². The van der Waals surface area contributed by atoms with E-state index in [1.54, 1.807) is 0 Å². The normalized spacial score (nSPS) is 14.6. The van der Waals surface area contributed by atoms with Crippen molar-refractivity contribution >= 4 is 90.1 Å². The van der Waals surface area contributed by atoms with Gasteiger partial charge in [-0.1, -0.05) is 182 Å². The molecular weight excluding hydrogens is 934 g/mol. The fourth-order valence-corrected chi connectivity index (χ4v) is 13.6. The van der Waals surface area contributed by atoms with Crippen molar-refractivity contribution in [1.82, 2.24) is 4.57 Å². The molecule has 0 fully saturated rings. The van der Waals surface area contributed by atoms with E-state index in [2.05, 4.69) is 272 Å². The number of rotatable bonds is 4. The minimum Gasteiger partial charge on any atom is -0.454 e. The zero-order valence-corrected chi connectivity index (χ0v) is 48.6. The molecule has 0 saturated heterocycles. The van der Waals surface area contributed by atoms with Crippen molar-refractivity contribution in [1.29, 1.82) is 0 Å². The Morgan fingerprint density at radius 1 is 0.494 bits per heavy atom. The van der Waals surface area contributed by atoms with Crippen LogP contribution in [-0.2, 0) is 27.1 Å². The molecule has 0 radical (unpaired) electrons. The summed E-state index contributed by atoms with van der Waals surface area (Å²) in [6.07, 6.45) is 0. The molecule has 0 atom stereocenters. The second-order valence-electron chi connectivity index (χ2n) is 27.7. The molecular formula is C72H74BN3O. The lowest BCUT2D eigenvalue weighted by atomic mass is 9.33. The minimum atomic E-state index is -0.240. The number of hydrogen-bond donors (Lipinski definition) is 0. The number of furan rings is 1. The highest BCUT2D eigenvalue weighted by molar-refractivity contribution is 7.00. The van der Waals surface area contributed by atoms with Crippen LogP contribution >= 0.6 is 0 Å². The van der Waals surface area contributed by atoms with Crippen molar-refractivity contribution in [3.05, 3.63) is 190 Å². The lowest BCUT2D eigenvalue weighted by molar-refractivity contribution is 0.587. The molecule has 0 amide bonds. The highest BCUT2D eigenvalue weighted by Gasteiger charge is 2.48. The van der Waals surface area contributed by atoms with E-state index in [-0.39, 0.29) is 33.8 Å². The number of hydrogen-bond acceptors (Lipinski definition) is 3. The second-order valence-corrected chi connectivity index (χ2v) is 27.7. The smallest absolute Gasteiger partial charge is 0.252 e. The first-order valence-corrected chi connectivity index (χ1v) is 28.1. The molecule has 386 valence electrons. The van der Waals surface area contributed by atoms with Gasteiger partial charge in [0.1, 0.15) is 5.58 Å². The molecule has 10 aromatic rings. The molecule has 13 rings (SSSR count). The van der Waals surface area contributed by atoms with Crippen molar-refractivity contribution in [2.24, 2.45) is 0 Å². The molecule has 0 unspecified atom stereocenters. The van der Waals surface area contributed by atoms with Crippen molar-refractivity contribution in [3.8, 4) is 16.8 Å². The molecule has 77 heavy (non-hydrogen) atoms. The molecule has 0 saturated carbocycles. The van der Waals surface area contributed by atoms with Gasteiger partial charge in [0.15, 0.2) is 5.58 Å². The summed E-state index contributed by atoms with van der Waals surface area (Å²) in [6.45, 7) is 39.5. The van der Waals surface area contributed by atoms with Crippen LogP contribution in [0.4, 0.5) is 34.1 Å². The Bertz CT molecular complexity index is 4100. The van der Waals surface area contributed by atoms with Crippen LogP contribution in [0.1, 0.15) is 147 Å². The van der Waals surface area contributed by atoms with Crippen LogP contribution in [0.2, 0.25) is 0 Å². The summed E-state index contributed by atoms with van der Waals surface area (Å²) < 4.78 is 9.97. The molecule has 0 bridgehead atoms. The Kier molecular flexibility index (Phi) is 10.4. The highest BCUT2D eigenvalue weighted by Crippen LogP contribution is 2.56. The van der Waals surface area contributed by atoms with Gasteiger partial charge in [0, 0.05) is 72.5 Å². The average molecular weight is 1010 g/mol. The molecule has 4 nitrogen and oxygen atoms in total. The Hall–Kier alpha value is -7.24. The summed E-state index contributed by atoms with van der Waals surface area (Å²) in [7, 11) is 0. The molecule has 4 heterocycles. The van der Waals surface area contributed by atoms with Crippen LogP contribution in [-0.4, -0.2) is 11.3 Å². The number of nitrogens with zero attached hydrogens (tertiary/aromatic N) is 3. The van der Waals surface area contributed by atoms with Gasteiger partial charge in [-0.05, 0) is 163 Å². The predicted molar refractivity (Wildman–Crippen MR) is 331 cm³/mol. The summed E-state index contributed by atoms with van der Waals surface area (Å²) in [4.78, 5) is 5.11. The van der Waals surface area contributed by atoms with Crippen LogP contribution in [0.15, 0.2) is 144 Å². The molecule has 0 spiro atoms. The standard InChI is InChI=1S/C72H74BN3O/c1-41-33-60-64-61(34-41)76-65-52(63-51-21-18-19-23-53(51)72(16,17)67(63)76)37-47(71(13,14)15)38-55(65)73(64)54-30-28-48(40-59(54)75(60)58-24-20-22-50-49-29-25-46(70(10,11)12)39-62(49)77-66(50)58)74(56-31-26-44(35-42(56)2)68(4,5)6)57-32-27-45(36-43(57)3)69(7,8)9/h18-40H,1-17H3. The van der Waals surface area contributed by atoms with Gasteiger partial charge in [-0.15, -0.1) is 0 Å². The van der Waals surface area contributed by atoms with Gasteiger partial charge in [0.05, 0.1) is 5.69 Å². The van der Waals surface area contributed by atoms with Gasteiger partial charge in [0.25, 0.3) is 6.71 Å². The number of aryl methyl sites for hydroxylation is 3. The van der Waals surface area contributed by atoms with E-state index in [9.17, 15) is 0 Å². The van der Waals surface area contributed by atoms with E-state index in [4.69, 9.17) is 4.42 Å². The number of fused-ring (bicyclic) bond motifs is 12. The van der Waals surface area contributed by atoms with E-state index in [1.807, 2.05) is 0 Å². The van der Waals surface area contributed by atoms with Gasteiger partial charge in [-0.2, -0.15) is 0 Å². The Morgan fingerprint density at radius 3 is 1.74 bits per heavy atom. The van der Waals surface area contributed by atoms with E-state index in [1.165, 1.54) is 111 Å². The Balaban J connectivity index is 1.15. The third-order valence-electron chi connectivity index (χ3n) is 17.8. The lowest BCUT2D eigenvalue weighted by Gasteiger charge is -2.42. The molecule has 8 aromatic carbocycles. The SMILES string of the molecule is Cc1cc2c3c(c1)-n1c4c(c5cc(C(C)(C)C)cc(c51)B3c1ccc(N(c3ccc(C(C)(C)C)cc3C)c3ccc(C(C)(C)C)cc3C)cc1N2c1cccc2c1oc1cc(C(C)(C)C)ccc12)-c1ccccc1C4(C)C. The minimum absolute atomic E-state index is 0.00985. The summed E-state index contributed by atoms with van der Waals surface area (Å²) >= 11 is 0.